The van der Waals surface area contributed by atoms with Crippen LogP contribution >= 0.6 is 0 Å². The number of fused-ring (bicyclic) bond motifs is 1. The molecule has 0 atom stereocenters. The molecule has 2 aromatic carbocycles. The molecule has 2 heterocycles. The summed E-state index contributed by atoms with van der Waals surface area (Å²) >= 11 is 0. The highest BCUT2D eigenvalue weighted by Crippen LogP contribution is 2.23. The maximum absolute atomic E-state index is 13.5. The van der Waals surface area contributed by atoms with Gasteiger partial charge in [-0.15, -0.1) is 0 Å². The maximum Gasteiger partial charge on any atom is 0.125 e. The molecule has 0 unspecified atom stereocenters. The Kier molecular flexibility index (Phi) is 2.79. The highest BCUT2D eigenvalue weighted by atomic mass is 19.1. The van der Waals surface area contributed by atoms with Crippen LogP contribution in [0, 0.1) is 12.7 Å². The first kappa shape index (κ1) is 12.8. The number of hydrogen-bond donors (Lipinski definition) is 0. The van der Waals surface area contributed by atoms with Crippen LogP contribution in [0.4, 0.5) is 4.39 Å². The Balaban J connectivity index is 1.85. The zero-order valence-electron chi connectivity index (χ0n) is 11.9. The van der Waals surface area contributed by atoms with Crippen LogP contribution in [0.15, 0.2) is 60.9 Å². The summed E-state index contributed by atoms with van der Waals surface area (Å²) in [5.41, 5.74) is 3.47. The largest absolute Gasteiger partial charge is 0.296 e. The molecule has 4 rings (SSSR count). The van der Waals surface area contributed by atoms with E-state index in [0.717, 1.165) is 28.2 Å². The van der Waals surface area contributed by atoms with Crippen molar-refractivity contribution < 1.29 is 4.39 Å². The number of aromatic nitrogens is 4. The molecule has 4 aromatic rings. The van der Waals surface area contributed by atoms with E-state index in [0.29, 0.717) is 0 Å². The van der Waals surface area contributed by atoms with Gasteiger partial charge in [0.15, 0.2) is 0 Å². The molecule has 0 saturated carbocycles. The molecule has 0 aliphatic carbocycles. The van der Waals surface area contributed by atoms with Gasteiger partial charge in [-0.25, -0.2) is 14.1 Å². The molecule has 0 N–H and O–H groups in total. The van der Waals surface area contributed by atoms with Crippen molar-refractivity contribution in [3.63, 3.8) is 0 Å². The molecular formula is C17H13FN4. The molecular weight excluding hydrogens is 279 g/mol. The lowest BCUT2D eigenvalue weighted by atomic mass is 10.2. The third-order valence-corrected chi connectivity index (χ3v) is 3.66. The van der Waals surface area contributed by atoms with Crippen LogP contribution in [-0.4, -0.2) is 19.3 Å². The van der Waals surface area contributed by atoms with Crippen LogP contribution < -0.4 is 0 Å². The van der Waals surface area contributed by atoms with Gasteiger partial charge in [0, 0.05) is 24.1 Å². The van der Waals surface area contributed by atoms with Crippen LogP contribution in [0.25, 0.3) is 22.4 Å². The molecule has 0 saturated heterocycles. The van der Waals surface area contributed by atoms with Crippen LogP contribution in [0.3, 0.4) is 0 Å². The lowest BCUT2D eigenvalue weighted by molar-refractivity contribution is 0.629. The minimum Gasteiger partial charge on any atom is -0.296 e. The second kappa shape index (κ2) is 4.80. The molecule has 0 radical (unpaired) electrons. The van der Waals surface area contributed by atoms with E-state index >= 15 is 0 Å². The Bertz CT molecular complexity index is 937. The molecule has 5 heteroatoms. The maximum atomic E-state index is 13.5. The smallest absolute Gasteiger partial charge is 0.125 e. The van der Waals surface area contributed by atoms with Crippen LogP contribution in [0.5, 0.6) is 0 Å². The van der Waals surface area contributed by atoms with E-state index in [-0.39, 0.29) is 5.82 Å². The van der Waals surface area contributed by atoms with Crippen molar-refractivity contribution in [3.8, 4) is 11.4 Å². The predicted molar refractivity (Wildman–Crippen MR) is 82.9 cm³/mol. The number of aryl methyl sites for hydroxylation is 1. The van der Waals surface area contributed by atoms with Crippen molar-refractivity contribution in [2.75, 3.05) is 0 Å². The normalized spacial score (nSPS) is 11.2. The summed E-state index contributed by atoms with van der Waals surface area (Å²) in [5, 5.41) is 4.21. The van der Waals surface area contributed by atoms with Crippen LogP contribution in [0.1, 0.15) is 5.82 Å². The van der Waals surface area contributed by atoms with Crippen molar-refractivity contribution in [1.29, 1.82) is 0 Å². The van der Waals surface area contributed by atoms with E-state index in [9.17, 15) is 4.39 Å². The monoisotopic (exact) mass is 292 g/mol. The molecule has 0 amide bonds. The fourth-order valence-electron chi connectivity index (χ4n) is 2.67. The Morgan fingerprint density at radius 3 is 2.50 bits per heavy atom. The zero-order valence-corrected chi connectivity index (χ0v) is 11.9. The molecule has 108 valence electrons. The van der Waals surface area contributed by atoms with Crippen molar-refractivity contribution in [3.05, 3.63) is 72.6 Å². The van der Waals surface area contributed by atoms with E-state index < -0.39 is 0 Å². The third-order valence-electron chi connectivity index (χ3n) is 3.66. The van der Waals surface area contributed by atoms with Crippen molar-refractivity contribution >= 4 is 11.0 Å². The molecule has 0 bridgehead atoms. The summed E-state index contributed by atoms with van der Waals surface area (Å²) in [7, 11) is 0. The summed E-state index contributed by atoms with van der Waals surface area (Å²) < 4.78 is 17.3. The fraction of sp³-hybridized carbons (Fsp3) is 0.0588. The zero-order chi connectivity index (χ0) is 15.1. The van der Waals surface area contributed by atoms with E-state index in [1.807, 2.05) is 48.0 Å². The lowest BCUT2D eigenvalue weighted by Gasteiger charge is -2.08. The number of benzene rings is 2. The fourth-order valence-corrected chi connectivity index (χ4v) is 2.67. The quantitative estimate of drug-likeness (QED) is 0.565. The second-order valence-electron chi connectivity index (χ2n) is 5.09. The highest BCUT2D eigenvalue weighted by molar-refractivity contribution is 5.78. The van der Waals surface area contributed by atoms with Crippen molar-refractivity contribution in [2.45, 2.75) is 6.92 Å². The molecule has 4 nitrogen and oxygen atoms in total. The third kappa shape index (κ3) is 1.98. The van der Waals surface area contributed by atoms with Gasteiger partial charge in [-0.2, -0.15) is 5.10 Å². The Hall–Kier alpha value is -2.95. The number of hydrogen-bond acceptors (Lipinski definition) is 2. The van der Waals surface area contributed by atoms with Gasteiger partial charge in [0.25, 0.3) is 0 Å². The van der Waals surface area contributed by atoms with Gasteiger partial charge in [0.2, 0.25) is 0 Å². The van der Waals surface area contributed by atoms with Crippen molar-refractivity contribution in [1.82, 2.24) is 19.3 Å². The summed E-state index contributed by atoms with van der Waals surface area (Å²) in [6.45, 7) is 1.92. The number of nitrogens with zero attached hydrogens (tertiary/aromatic N) is 4. The van der Waals surface area contributed by atoms with Gasteiger partial charge in [0.05, 0.1) is 16.7 Å². The van der Waals surface area contributed by atoms with Gasteiger partial charge < -0.3 is 0 Å². The predicted octanol–water partition coefficient (Wildman–Crippen LogP) is 3.66. The van der Waals surface area contributed by atoms with Crippen LogP contribution in [-0.2, 0) is 0 Å². The molecule has 0 aliphatic heterocycles. The SMILES string of the molecule is Cc1nc2ccc(F)cc2n1-c1ccc(-n2cccn2)cc1. The summed E-state index contributed by atoms with van der Waals surface area (Å²) in [5.74, 6) is 0.564. The van der Waals surface area contributed by atoms with Crippen molar-refractivity contribution in [2.24, 2.45) is 0 Å². The molecule has 22 heavy (non-hydrogen) atoms. The van der Waals surface area contributed by atoms with Gasteiger partial charge in [-0.05, 0) is 49.4 Å². The van der Waals surface area contributed by atoms with E-state index in [2.05, 4.69) is 10.1 Å². The van der Waals surface area contributed by atoms with Crippen LogP contribution in [0.2, 0.25) is 0 Å². The van der Waals surface area contributed by atoms with Gasteiger partial charge >= 0.3 is 0 Å². The first-order valence-electron chi connectivity index (χ1n) is 6.97. The van der Waals surface area contributed by atoms with Gasteiger partial charge in [0.1, 0.15) is 11.6 Å². The minimum absolute atomic E-state index is 0.262. The van der Waals surface area contributed by atoms with Gasteiger partial charge in [-0.1, -0.05) is 0 Å². The number of imidazole rings is 1. The molecule has 0 aliphatic rings. The highest BCUT2D eigenvalue weighted by Gasteiger charge is 2.10. The number of halogens is 1. The second-order valence-corrected chi connectivity index (χ2v) is 5.09. The number of rotatable bonds is 2. The summed E-state index contributed by atoms with van der Waals surface area (Å²) in [6, 6.07) is 14.4. The topological polar surface area (TPSA) is 35.6 Å². The van der Waals surface area contributed by atoms with E-state index in [4.69, 9.17) is 0 Å². The first-order chi connectivity index (χ1) is 10.7. The minimum atomic E-state index is -0.262. The average Bonchev–Trinajstić information content (AvgIpc) is 3.14. The Morgan fingerprint density at radius 1 is 1.00 bits per heavy atom. The Labute approximate surface area is 126 Å². The molecule has 0 spiro atoms. The molecule has 2 aromatic heterocycles. The van der Waals surface area contributed by atoms with E-state index in [1.165, 1.54) is 12.1 Å². The Morgan fingerprint density at radius 2 is 1.77 bits per heavy atom. The average molecular weight is 292 g/mol. The summed E-state index contributed by atoms with van der Waals surface area (Å²) in [6.07, 6.45) is 3.63. The first-order valence-corrected chi connectivity index (χ1v) is 6.97. The van der Waals surface area contributed by atoms with E-state index in [1.54, 1.807) is 16.9 Å². The lowest BCUT2D eigenvalue weighted by Crippen LogP contribution is -1.99. The van der Waals surface area contributed by atoms with Gasteiger partial charge in [-0.3, -0.25) is 4.57 Å². The standard InChI is InChI=1S/C17H13FN4/c1-12-20-16-8-3-13(18)11-17(16)22(12)15-6-4-14(5-7-15)21-10-2-9-19-21/h2-11H,1H3. The molecule has 0 fully saturated rings. The summed E-state index contributed by atoms with van der Waals surface area (Å²) in [4.78, 5) is 4.48.